The van der Waals surface area contributed by atoms with Gasteiger partial charge in [-0.2, -0.15) is 0 Å². The summed E-state index contributed by atoms with van der Waals surface area (Å²) >= 11 is 0. The molecule has 1 fully saturated rings. The lowest BCUT2D eigenvalue weighted by Crippen LogP contribution is -2.06. The molecule has 0 amide bonds. The van der Waals surface area contributed by atoms with Crippen LogP contribution in [-0.4, -0.2) is 11.2 Å². The number of hydrogen-bond donors (Lipinski definition) is 1. The Morgan fingerprint density at radius 3 is 2.88 bits per heavy atom. The molecule has 1 heteroatoms. The summed E-state index contributed by atoms with van der Waals surface area (Å²) in [6.07, 6.45) is 15.0. The molecule has 0 aromatic rings. The van der Waals surface area contributed by atoms with Crippen molar-refractivity contribution < 1.29 is 5.11 Å². The largest absolute Gasteiger partial charge is 0.389 e. The van der Waals surface area contributed by atoms with Crippen LogP contribution in [0.5, 0.6) is 0 Å². The summed E-state index contributed by atoms with van der Waals surface area (Å²) in [7, 11) is 0. The first-order valence-corrected chi connectivity index (χ1v) is 6.76. The molecule has 1 N–H and O–H groups in total. The molecule has 0 unspecified atom stereocenters. The number of aliphatic hydroxyl groups is 1. The van der Waals surface area contributed by atoms with Crippen LogP contribution in [0.3, 0.4) is 0 Å². The van der Waals surface area contributed by atoms with Crippen molar-refractivity contribution in [1.82, 2.24) is 0 Å². The number of rotatable bonds is 0. The fourth-order valence-electron chi connectivity index (χ4n) is 3.20. The number of fused-ring (bicyclic) bond motifs is 1. The fraction of sp³-hybridized carbons (Fsp3) is 0.733. The molecule has 0 saturated heterocycles. The Kier molecular flexibility index (Phi) is 4.22. The summed E-state index contributed by atoms with van der Waals surface area (Å²) in [5.41, 5.74) is 1.35. The molecule has 1 saturated carbocycles. The molecule has 90 valence electrons. The maximum absolute atomic E-state index is 9.77. The molecule has 0 bridgehead atoms. The zero-order valence-electron chi connectivity index (χ0n) is 10.4. The van der Waals surface area contributed by atoms with Gasteiger partial charge < -0.3 is 5.11 Å². The maximum atomic E-state index is 9.77. The van der Waals surface area contributed by atoms with E-state index in [0.29, 0.717) is 0 Å². The van der Waals surface area contributed by atoms with Crippen molar-refractivity contribution in [3.05, 3.63) is 23.8 Å². The molecule has 1 nitrogen and oxygen atoms in total. The van der Waals surface area contributed by atoms with Crippen LogP contribution in [0.25, 0.3) is 0 Å². The zero-order valence-corrected chi connectivity index (χ0v) is 10.4. The summed E-state index contributed by atoms with van der Waals surface area (Å²) in [5.74, 6) is 1.85. The lowest BCUT2D eigenvalue weighted by atomic mass is 9.88. The third-order valence-electron chi connectivity index (χ3n) is 4.18. The smallest absolute Gasteiger partial charge is 0.0757 e. The quantitative estimate of drug-likeness (QED) is 0.615. The van der Waals surface area contributed by atoms with E-state index in [1.54, 1.807) is 0 Å². The van der Waals surface area contributed by atoms with Gasteiger partial charge in [0.2, 0.25) is 0 Å². The predicted molar refractivity (Wildman–Crippen MR) is 68.2 cm³/mol. The van der Waals surface area contributed by atoms with Crippen LogP contribution in [-0.2, 0) is 0 Å². The summed E-state index contributed by atoms with van der Waals surface area (Å²) in [5, 5.41) is 9.77. The van der Waals surface area contributed by atoms with Crippen LogP contribution in [0.2, 0.25) is 0 Å². The van der Waals surface area contributed by atoms with Gasteiger partial charge in [0.25, 0.3) is 0 Å². The first kappa shape index (κ1) is 11.9. The van der Waals surface area contributed by atoms with Gasteiger partial charge in [0.05, 0.1) is 6.10 Å². The van der Waals surface area contributed by atoms with Gasteiger partial charge in [-0.3, -0.25) is 0 Å². The number of allylic oxidation sites excluding steroid dienone is 2. The number of hydrogen-bond acceptors (Lipinski definition) is 1. The molecule has 0 aromatic heterocycles. The van der Waals surface area contributed by atoms with Crippen molar-refractivity contribution in [2.75, 3.05) is 0 Å². The van der Waals surface area contributed by atoms with E-state index < -0.39 is 0 Å². The predicted octanol–water partition coefficient (Wildman–Crippen LogP) is 3.84. The molecular weight excluding hydrogens is 196 g/mol. The lowest BCUT2D eigenvalue weighted by molar-refractivity contribution is 0.223. The highest BCUT2D eigenvalue weighted by Crippen LogP contribution is 2.37. The van der Waals surface area contributed by atoms with E-state index in [0.717, 1.165) is 24.7 Å². The average Bonchev–Trinajstić information content (AvgIpc) is 2.67. The van der Waals surface area contributed by atoms with Crippen molar-refractivity contribution in [2.45, 2.75) is 58.0 Å². The van der Waals surface area contributed by atoms with Crippen molar-refractivity contribution in [3.8, 4) is 0 Å². The Hall–Kier alpha value is -0.560. The van der Waals surface area contributed by atoms with Gasteiger partial charge in [0.15, 0.2) is 0 Å². The third kappa shape index (κ3) is 3.21. The molecule has 0 aromatic carbocycles. The Balaban J connectivity index is 2.04. The topological polar surface area (TPSA) is 20.2 Å². The molecule has 16 heavy (non-hydrogen) atoms. The highest BCUT2D eigenvalue weighted by atomic mass is 16.3. The van der Waals surface area contributed by atoms with Gasteiger partial charge in [-0.15, -0.1) is 0 Å². The molecule has 2 rings (SSSR count). The normalized spacial score (nSPS) is 41.6. The second-order valence-electron chi connectivity index (χ2n) is 5.51. The Morgan fingerprint density at radius 2 is 2.00 bits per heavy atom. The summed E-state index contributed by atoms with van der Waals surface area (Å²) in [6, 6.07) is 0. The van der Waals surface area contributed by atoms with Gasteiger partial charge in [-0.25, -0.2) is 0 Å². The molecule has 0 spiro atoms. The second kappa shape index (κ2) is 5.67. The standard InChI is InChI=1S/C15H24O/c1-12-9-10-14-7-4-6-13(14)5-2-3-8-15(16)11-12/h3,8-9,13-16H,2,4-7,10-11H2,1H3/b8-3+,12-9+/t13-,14+,15-/m0/s1. The van der Waals surface area contributed by atoms with E-state index >= 15 is 0 Å². The SMILES string of the molecule is C/C1=C\C[C@H]2CCC[C@@H]2CC/C=C/[C@H](O)C1. The minimum absolute atomic E-state index is 0.269. The van der Waals surface area contributed by atoms with Gasteiger partial charge >= 0.3 is 0 Å². The molecular formula is C15H24O. The molecule has 0 radical (unpaired) electrons. The molecule has 0 heterocycles. The molecule has 0 aliphatic heterocycles. The molecule has 2 aliphatic carbocycles. The van der Waals surface area contributed by atoms with E-state index in [2.05, 4.69) is 19.1 Å². The van der Waals surface area contributed by atoms with Crippen LogP contribution >= 0.6 is 0 Å². The van der Waals surface area contributed by atoms with E-state index in [9.17, 15) is 5.11 Å². The van der Waals surface area contributed by atoms with Crippen LogP contribution in [0, 0.1) is 11.8 Å². The summed E-state index contributed by atoms with van der Waals surface area (Å²) in [4.78, 5) is 0. The van der Waals surface area contributed by atoms with Gasteiger partial charge in [-0.1, -0.05) is 36.6 Å². The second-order valence-corrected chi connectivity index (χ2v) is 5.51. The highest BCUT2D eigenvalue weighted by molar-refractivity contribution is 5.05. The zero-order chi connectivity index (χ0) is 11.4. The first-order valence-electron chi connectivity index (χ1n) is 6.76. The van der Waals surface area contributed by atoms with E-state index in [1.165, 1.54) is 37.7 Å². The molecule has 2 aliphatic rings. The van der Waals surface area contributed by atoms with E-state index in [-0.39, 0.29) is 6.10 Å². The maximum Gasteiger partial charge on any atom is 0.0757 e. The summed E-state index contributed by atoms with van der Waals surface area (Å²) < 4.78 is 0. The Morgan fingerprint density at radius 1 is 1.19 bits per heavy atom. The van der Waals surface area contributed by atoms with Crippen LogP contribution in [0.4, 0.5) is 0 Å². The van der Waals surface area contributed by atoms with Gasteiger partial charge in [-0.05, 0) is 50.9 Å². The Bertz CT molecular complexity index is 277. The minimum Gasteiger partial charge on any atom is -0.389 e. The fourth-order valence-corrected chi connectivity index (χ4v) is 3.20. The molecule has 3 atom stereocenters. The highest BCUT2D eigenvalue weighted by Gasteiger charge is 2.25. The van der Waals surface area contributed by atoms with Crippen LogP contribution in [0.15, 0.2) is 23.8 Å². The average molecular weight is 220 g/mol. The van der Waals surface area contributed by atoms with Crippen LogP contribution < -0.4 is 0 Å². The third-order valence-corrected chi connectivity index (χ3v) is 4.18. The van der Waals surface area contributed by atoms with E-state index in [1.807, 2.05) is 6.08 Å². The Labute approximate surface area is 99.3 Å². The summed E-state index contributed by atoms with van der Waals surface area (Å²) in [6.45, 7) is 2.15. The van der Waals surface area contributed by atoms with Crippen molar-refractivity contribution >= 4 is 0 Å². The van der Waals surface area contributed by atoms with E-state index in [4.69, 9.17) is 0 Å². The number of aliphatic hydroxyl groups excluding tert-OH is 1. The minimum atomic E-state index is -0.269. The van der Waals surface area contributed by atoms with Gasteiger partial charge in [0, 0.05) is 0 Å². The van der Waals surface area contributed by atoms with Crippen molar-refractivity contribution in [1.29, 1.82) is 0 Å². The monoisotopic (exact) mass is 220 g/mol. The van der Waals surface area contributed by atoms with Gasteiger partial charge in [0.1, 0.15) is 0 Å². The first-order chi connectivity index (χ1) is 7.75. The van der Waals surface area contributed by atoms with Crippen molar-refractivity contribution in [2.24, 2.45) is 11.8 Å². The van der Waals surface area contributed by atoms with Crippen molar-refractivity contribution in [3.63, 3.8) is 0 Å². The van der Waals surface area contributed by atoms with Crippen LogP contribution in [0.1, 0.15) is 51.9 Å². The lowest BCUT2D eigenvalue weighted by Gasteiger charge is -2.17.